The van der Waals surface area contributed by atoms with Gasteiger partial charge in [0.15, 0.2) is 0 Å². The Bertz CT molecular complexity index is 265. The molecule has 0 aliphatic carbocycles. The first kappa shape index (κ1) is 11.2. The summed E-state index contributed by atoms with van der Waals surface area (Å²) in [6.45, 7) is 7.62. The maximum atomic E-state index is 4.44. The highest BCUT2D eigenvalue weighted by atomic mass is 15.3. The predicted octanol–water partition coefficient (Wildman–Crippen LogP) is 2.12. The molecule has 1 rings (SSSR count). The Hall–Kier alpha value is -0.830. The maximum Gasteiger partial charge on any atom is 0.0793 e. The number of hydrogen-bond donors (Lipinski definition) is 1. The molecule has 0 aliphatic rings. The van der Waals surface area contributed by atoms with E-state index in [9.17, 15) is 0 Å². The third-order valence-electron chi connectivity index (χ3n) is 2.25. The minimum absolute atomic E-state index is 0.404. The van der Waals surface area contributed by atoms with Gasteiger partial charge in [-0.1, -0.05) is 20.8 Å². The second-order valence-corrected chi connectivity index (χ2v) is 4.15. The molecule has 0 saturated carbocycles. The van der Waals surface area contributed by atoms with Crippen molar-refractivity contribution in [3.05, 3.63) is 18.0 Å². The van der Waals surface area contributed by atoms with E-state index in [1.165, 1.54) is 0 Å². The molecule has 0 saturated heterocycles. The molecule has 1 N–H and O–H groups in total. The Balaban J connectivity index is 2.66. The molecule has 0 bridgehead atoms. The van der Waals surface area contributed by atoms with Gasteiger partial charge in [-0.15, -0.1) is 0 Å². The molecular formula is C11H21N3. The molecule has 3 heteroatoms. The zero-order valence-electron chi connectivity index (χ0n) is 9.62. The van der Waals surface area contributed by atoms with Crippen LogP contribution in [0.4, 0.5) is 0 Å². The van der Waals surface area contributed by atoms with Crippen LogP contribution < -0.4 is 5.32 Å². The molecule has 0 aromatic carbocycles. The number of nitrogens with one attached hydrogen (secondary N) is 1. The monoisotopic (exact) mass is 195 g/mol. The van der Waals surface area contributed by atoms with Crippen LogP contribution in [0.25, 0.3) is 0 Å². The van der Waals surface area contributed by atoms with Gasteiger partial charge in [-0.2, -0.15) is 5.10 Å². The van der Waals surface area contributed by atoms with Gasteiger partial charge in [0.05, 0.1) is 11.7 Å². The van der Waals surface area contributed by atoms with Gasteiger partial charge in [0.2, 0.25) is 0 Å². The molecule has 1 aromatic heterocycles. The van der Waals surface area contributed by atoms with Crippen molar-refractivity contribution < 1.29 is 0 Å². The van der Waals surface area contributed by atoms with Gasteiger partial charge in [-0.25, -0.2) is 0 Å². The first-order valence-corrected chi connectivity index (χ1v) is 5.36. The molecule has 0 radical (unpaired) electrons. The van der Waals surface area contributed by atoms with Crippen molar-refractivity contribution in [2.75, 3.05) is 6.54 Å². The van der Waals surface area contributed by atoms with Crippen LogP contribution in [0.2, 0.25) is 0 Å². The average Bonchev–Trinajstić information content (AvgIpc) is 2.50. The molecule has 0 amide bonds. The van der Waals surface area contributed by atoms with Crippen molar-refractivity contribution in [2.45, 2.75) is 33.2 Å². The Morgan fingerprint density at radius 3 is 2.64 bits per heavy atom. The van der Waals surface area contributed by atoms with Crippen LogP contribution in [0.1, 0.15) is 38.9 Å². The zero-order valence-corrected chi connectivity index (χ0v) is 9.62. The number of rotatable bonds is 5. The first-order valence-electron chi connectivity index (χ1n) is 5.36. The fourth-order valence-electron chi connectivity index (χ4n) is 1.65. The summed E-state index contributed by atoms with van der Waals surface area (Å²) in [5, 5.41) is 7.90. The highest BCUT2D eigenvalue weighted by molar-refractivity contribution is 5.05. The molecule has 1 unspecified atom stereocenters. The van der Waals surface area contributed by atoms with Crippen LogP contribution >= 0.6 is 0 Å². The highest BCUT2D eigenvalue weighted by Crippen LogP contribution is 2.18. The van der Waals surface area contributed by atoms with Crippen LogP contribution in [-0.2, 0) is 7.05 Å². The third-order valence-corrected chi connectivity index (χ3v) is 2.25. The molecule has 0 aliphatic heterocycles. The summed E-state index contributed by atoms with van der Waals surface area (Å²) < 4.78 is 1.86. The second-order valence-electron chi connectivity index (χ2n) is 4.15. The number of nitrogens with zero attached hydrogens (tertiary/aromatic N) is 2. The van der Waals surface area contributed by atoms with Gasteiger partial charge in [-0.3, -0.25) is 4.68 Å². The average molecular weight is 195 g/mol. The van der Waals surface area contributed by atoms with E-state index in [-0.39, 0.29) is 0 Å². The molecule has 1 heterocycles. The first-order chi connectivity index (χ1) is 6.63. The van der Waals surface area contributed by atoms with E-state index in [1.54, 1.807) is 0 Å². The summed E-state index contributed by atoms with van der Waals surface area (Å²) in [6, 6.07) is 2.50. The normalized spacial score (nSPS) is 13.5. The third kappa shape index (κ3) is 3.14. The summed E-state index contributed by atoms with van der Waals surface area (Å²) in [7, 11) is 1.96. The van der Waals surface area contributed by atoms with Crippen LogP contribution in [0.3, 0.4) is 0 Å². The Kier molecular flexibility index (Phi) is 4.14. The van der Waals surface area contributed by atoms with Crippen LogP contribution in [0, 0.1) is 5.92 Å². The maximum absolute atomic E-state index is 4.44. The van der Waals surface area contributed by atoms with E-state index >= 15 is 0 Å². The molecule has 0 fully saturated rings. The lowest BCUT2D eigenvalue weighted by atomic mass is 10.0. The molecular weight excluding hydrogens is 174 g/mol. The fraction of sp³-hybridized carbons (Fsp3) is 0.727. The lowest BCUT2D eigenvalue weighted by Gasteiger charge is -2.17. The lowest BCUT2D eigenvalue weighted by molar-refractivity contribution is 0.427. The number of aromatic nitrogens is 2. The van der Waals surface area contributed by atoms with Crippen molar-refractivity contribution in [1.29, 1.82) is 0 Å². The summed E-state index contributed by atoms with van der Waals surface area (Å²) in [6.07, 6.45) is 3.14. The molecule has 14 heavy (non-hydrogen) atoms. The van der Waals surface area contributed by atoms with E-state index < -0.39 is 0 Å². The Morgan fingerprint density at radius 1 is 1.50 bits per heavy atom. The summed E-state index contributed by atoms with van der Waals surface area (Å²) >= 11 is 0. The quantitative estimate of drug-likeness (QED) is 0.780. The smallest absolute Gasteiger partial charge is 0.0793 e. The van der Waals surface area contributed by atoms with Gasteiger partial charge in [0.1, 0.15) is 0 Å². The number of aryl methyl sites for hydroxylation is 1. The van der Waals surface area contributed by atoms with E-state index in [4.69, 9.17) is 0 Å². The van der Waals surface area contributed by atoms with Crippen LogP contribution in [0.5, 0.6) is 0 Å². The standard InChI is InChI=1S/C11H21N3/c1-5-12-11(8-9(2)3)10-6-7-14(4)13-10/h6-7,9,11-12H,5,8H2,1-4H3. The molecule has 3 nitrogen and oxygen atoms in total. The largest absolute Gasteiger partial charge is 0.309 e. The van der Waals surface area contributed by atoms with Crippen molar-refractivity contribution in [1.82, 2.24) is 15.1 Å². The minimum Gasteiger partial charge on any atom is -0.309 e. The van der Waals surface area contributed by atoms with E-state index in [0.29, 0.717) is 12.0 Å². The SMILES string of the molecule is CCNC(CC(C)C)c1ccn(C)n1. The zero-order chi connectivity index (χ0) is 10.6. The van der Waals surface area contributed by atoms with Crippen molar-refractivity contribution >= 4 is 0 Å². The molecule has 0 spiro atoms. The fourth-order valence-corrected chi connectivity index (χ4v) is 1.65. The van der Waals surface area contributed by atoms with Crippen LogP contribution in [0.15, 0.2) is 12.3 Å². The van der Waals surface area contributed by atoms with Gasteiger partial charge >= 0.3 is 0 Å². The molecule has 1 aromatic rings. The van der Waals surface area contributed by atoms with Gasteiger partial charge < -0.3 is 5.32 Å². The predicted molar refractivity (Wildman–Crippen MR) is 59.1 cm³/mol. The van der Waals surface area contributed by atoms with Gasteiger partial charge in [-0.05, 0) is 24.9 Å². The highest BCUT2D eigenvalue weighted by Gasteiger charge is 2.14. The minimum atomic E-state index is 0.404. The van der Waals surface area contributed by atoms with Gasteiger partial charge in [0.25, 0.3) is 0 Å². The summed E-state index contributed by atoms with van der Waals surface area (Å²) in [4.78, 5) is 0. The molecule has 80 valence electrons. The van der Waals surface area contributed by atoms with Crippen molar-refractivity contribution in [2.24, 2.45) is 13.0 Å². The molecule has 1 atom stereocenters. The summed E-state index contributed by atoms with van der Waals surface area (Å²) in [5.41, 5.74) is 1.16. The summed E-state index contributed by atoms with van der Waals surface area (Å²) in [5.74, 6) is 0.695. The van der Waals surface area contributed by atoms with E-state index in [1.807, 2.05) is 17.9 Å². The van der Waals surface area contributed by atoms with Gasteiger partial charge in [0, 0.05) is 13.2 Å². The van der Waals surface area contributed by atoms with Crippen molar-refractivity contribution in [3.63, 3.8) is 0 Å². The van der Waals surface area contributed by atoms with Crippen LogP contribution in [-0.4, -0.2) is 16.3 Å². The van der Waals surface area contributed by atoms with E-state index in [2.05, 4.69) is 37.3 Å². The van der Waals surface area contributed by atoms with Crippen molar-refractivity contribution in [3.8, 4) is 0 Å². The Morgan fingerprint density at radius 2 is 2.21 bits per heavy atom. The Labute approximate surface area is 86.5 Å². The lowest BCUT2D eigenvalue weighted by Crippen LogP contribution is -2.23. The topological polar surface area (TPSA) is 29.9 Å². The number of hydrogen-bond acceptors (Lipinski definition) is 2. The second kappa shape index (κ2) is 5.15. The van der Waals surface area contributed by atoms with E-state index in [0.717, 1.165) is 18.7 Å².